The number of aromatic hydroxyl groups is 1. The molecule has 0 aliphatic carbocycles. The van der Waals surface area contributed by atoms with E-state index in [0.717, 1.165) is 18.4 Å². The molecular formula is C37H43N3O5. The Labute approximate surface area is 264 Å². The van der Waals surface area contributed by atoms with Crippen molar-refractivity contribution < 1.29 is 19.4 Å². The number of amides is 2. The summed E-state index contributed by atoms with van der Waals surface area (Å²) < 4.78 is 6.39. The maximum absolute atomic E-state index is 13.4. The molecule has 1 atom stereocenters. The Hall–Kier alpha value is -4.72. The molecule has 45 heavy (non-hydrogen) atoms. The molecule has 3 aromatic carbocycles. The summed E-state index contributed by atoms with van der Waals surface area (Å²) in [6.07, 6.45) is 1.60. The van der Waals surface area contributed by atoms with Crippen LogP contribution in [0.1, 0.15) is 89.2 Å². The molecule has 0 bridgehead atoms. The lowest BCUT2D eigenvalue weighted by Gasteiger charge is -2.31. The first kappa shape index (κ1) is 33.2. The lowest BCUT2D eigenvalue weighted by molar-refractivity contribution is -0.122. The molecule has 0 spiro atoms. The van der Waals surface area contributed by atoms with E-state index in [4.69, 9.17) is 4.74 Å². The van der Waals surface area contributed by atoms with Gasteiger partial charge in [0.2, 0.25) is 0 Å². The minimum absolute atomic E-state index is 0.0139. The Morgan fingerprint density at radius 1 is 0.867 bits per heavy atom. The van der Waals surface area contributed by atoms with E-state index in [9.17, 15) is 19.5 Å². The first-order chi connectivity index (χ1) is 21.3. The van der Waals surface area contributed by atoms with Gasteiger partial charge in [-0.2, -0.15) is 0 Å². The Kier molecular flexibility index (Phi) is 9.96. The van der Waals surface area contributed by atoms with Crippen LogP contribution in [0.4, 0.5) is 11.4 Å². The second kappa shape index (κ2) is 13.5. The zero-order chi connectivity index (χ0) is 32.9. The summed E-state index contributed by atoms with van der Waals surface area (Å²) in [6.45, 7) is 15.1. The number of ether oxygens (including phenoxy) is 1. The summed E-state index contributed by atoms with van der Waals surface area (Å²) in [5.74, 6) is -0.312. The fourth-order valence-electron chi connectivity index (χ4n) is 4.95. The number of anilines is 2. The average Bonchev–Trinajstić information content (AvgIpc) is 3.22. The van der Waals surface area contributed by atoms with Crippen molar-refractivity contribution in [3.63, 3.8) is 0 Å². The number of phenols is 1. The number of carbonyl (C=O) groups excluding carboxylic acids is 2. The monoisotopic (exact) mass is 609 g/mol. The van der Waals surface area contributed by atoms with Crippen LogP contribution in [0.25, 0.3) is 10.9 Å². The standard InChI is InChI=1S/C37H43N3O5/c1-8-30(45-31-20-17-24(36(4,5)9-2)22-27(31)37(6,7)10-3)35(44)38-25-14-11-13-23(21-25)34(43)40-29-19-18-28-26(33(29)42)15-12-16-32(41)39-28/h11-22,30,42H,8-10H2,1-7H3,(H,38,44)(H,40,43). The van der Waals surface area contributed by atoms with Gasteiger partial charge in [-0.05, 0) is 78.1 Å². The Bertz CT molecular complexity index is 1780. The predicted octanol–water partition coefficient (Wildman–Crippen LogP) is 7.72. The van der Waals surface area contributed by atoms with Crippen LogP contribution in [-0.4, -0.2) is 28.0 Å². The zero-order valence-corrected chi connectivity index (χ0v) is 27.2. The van der Waals surface area contributed by atoms with Gasteiger partial charge >= 0.3 is 0 Å². The Morgan fingerprint density at radius 2 is 1.58 bits per heavy atom. The van der Waals surface area contributed by atoms with Crippen LogP contribution in [0.3, 0.4) is 0 Å². The molecule has 0 aliphatic heterocycles. The zero-order valence-electron chi connectivity index (χ0n) is 27.2. The van der Waals surface area contributed by atoms with E-state index in [1.165, 1.54) is 23.8 Å². The third-order valence-corrected chi connectivity index (χ3v) is 8.76. The smallest absolute Gasteiger partial charge is 0.270 e. The number of hydrogen-bond acceptors (Lipinski definition) is 6. The molecule has 0 radical (unpaired) electrons. The highest BCUT2D eigenvalue weighted by Gasteiger charge is 2.29. The largest absolute Gasteiger partial charge is 0.505 e. The average molecular weight is 610 g/mol. The lowest BCUT2D eigenvalue weighted by Crippen LogP contribution is -2.33. The van der Waals surface area contributed by atoms with Crippen molar-refractivity contribution in [2.75, 3.05) is 10.6 Å². The van der Waals surface area contributed by atoms with Gasteiger partial charge in [0.15, 0.2) is 6.10 Å². The number of nitrogens with zero attached hydrogens (tertiary/aromatic N) is 1. The molecule has 3 N–H and O–H groups in total. The lowest BCUT2D eigenvalue weighted by atomic mass is 9.76. The summed E-state index contributed by atoms with van der Waals surface area (Å²) in [4.78, 5) is 42.2. The molecule has 0 saturated carbocycles. The fraction of sp³-hybridized carbons (Fsp3) is 0.351. The van der Waals surface area contributed by atoms with E-state index in [2.05, 4.69) is 69.3 Å². The van der Waals surface area contributed by atoms with Gasteiger partial charge in [0.05, 0.1) is 11.2 Å². The first-order valence-corrected chi connectivity index (χ1v) is 15.5. The van der Waals surface area contributed by atoms with E-state index in [1.54, 1.807) is 36.4 Å². The maximum atomic E-state index is 13.4. The van der Waals surface area contributed by atoms with E-state index in [1.807, 2.05) is 13.0 Å². The van der Waals surface area contributed by atoms with Crippen molar-refractivity contribution in [1.29, 1.82) is 0 Å². The molecular weight excluding hydrogens is 566 g/mol. The van der Waals surface area contributed by atoms with Gasteiger partial charge in [-0.15, -0.1) is 0 Å². The van der Waals surface area contributed by atoms with E-state index < -0.39 is 17.6 Å². The van der Waals surface area contributed by atoms with Crippen LogP contribution < -0.4 is 20.9 Å². The number of phenolic OH excluding ortho intramolecular Hbond substituents is 1. The van der Waals surface area contributed by atoms with Crippen molar-refractivity contribution in [2.45, 2.75) is 84.7 Å². The SMILES string of the molecule is CCC(Oc1ccc(C(C)(C)CC)cc1C(C)(C)CC)C(=O)Nc1cccc(C(=O)Nc2ccc3nc(=O)cccc3c2O)c1. The molecule has 0 aliphatic rings. The van der Waals surface area contributed by atoms with Crippen molar-refractivity contribution >= 4 is 34.1 Å². The number of carbonyl (C=O) groups is 2. The highest BCUT2D eigenvalue weighted by Crippen LogP contribution is 2.39. The number of fused-ring (bicyclic) bond motifs is 1. The number of rotatable bonds is 11. The van der Waals surface area contributed by atoms with Crippen LogP contribution in [0, 0.1) is 0 Å². The van der Waals surface area contributed by atoms with E-state index in [0.29, 0.717) is 28.8 Å². The molecule has 2 amide bonds. The molecule has 236 valence electrons. The van der Waals surface area contributed by atoms with Crippen LogP contribution in [-0.2, 0) is 15.6 Å². The van der Waals surface area contributed by atoms with Gasteiger partial charge in [0.1, 0.15) is 11.5 Å². The van der Waals surface area contributed by atoms with Gasteiger partial charge in [0, 0.05) is 28.3 Å². The second-order valence-electron chi connectivity index (χ2n) is 12.6. The summed E-state index contributed by atoms with van der Waals surface area (Å²) in [6, 6.07) is 20.2. The predicted molar refractivity (Wildman–Crippen MR) is 180 cm³/mol. The quantitative estimate of drug-likeness (QED) is 0.150. The van der Waals surface area contributed by atoms with Gasteiger partial charge in [-0.25, -0.2) is 4.98 Å². The van der Waals surface area contributed by atoms with Crippen LogP contribution in [0.5, 0.6) is 11.5 Å². The summed E-state index contributed by atoms with van der Waals surface area (Å²) in [5.41, 5.74) is 2.93. The van der Waals surface area contributed by atoms with Crippen molar-refractivity contribution in [3.05, 3.63) is 99.8 Å². The van der Waals surface area contributed by atoms with Crippen LogP contribution in [0.2, 0.25) is 0 Å². The summed E-state index contributed by atoms with van der Waals surface area (Å²) in [5, 5.41) is 16.7. The third kappa shape index (κ3) is 7.51. The van der Waals surface area contributed by atoms with E-state index >= 15 is 0 Å². The Morgan fingerprint density at radius 3 is 2.27 bits per heavy atom. The normalized spacial score (nSPS) is 12.4. The maximum Gasteiger partial charge on any atom is 0.270 e. The molecule has 0 fully saturated rings. The molecule has 4 aromatic rings. The minimum Gasteiger partial charge on any atom is -0.505 e. The number of hydrogen-bond donors (Lipinski definition) is 3. The molecule has 1 unspecified atom stereocenters. The minimum atomic E-state index is -0.752. The van der Waals surface area contributed by atoms with Gasteiger partial charge in [-0.3, -0.25) is 14.4 Å². The van der Waals surface area contributed by atoms with Gasteiger partial charge < -0.3 is 20.5 Å². The second-order valence-corrected chi connectivity index (χ2v) is 12.6. The van der Waals surface area contributed by atoms with Gasteiger partial charge in [0.25, 0.3) is 17.4 Å². The Balaban J connectivity index is 1.53. The number of aromatic nitrogens is 1. The highest BCUT2D eigenvalue weighted by molar-refractivity contribution is 6.07. The fourth-order valence-corrected chi connectivity index (χ4v) is 4.95. The summed E-state index contributed by atoms with van der Waals surface area (Å²) in [7, 11) is 0. The van der Waals surface area contributed by atoms with E-state index in [-0.39, 0.29) is 33.7 Å². The number of nitrogens with one attached hydrogen (secondary N) is 2. The summed E-state index contributed by atoms with van der Waals surface area (Å²) >= 11 is 0. The molecule has 1 aromatic heterocycles. The molecule has 8 heteroatoms. The third-order valence-electron chi connectivity index (χ3n) is 8.76. The molecule has 4 rings (SSSR count). The highest BCUT2D eigenvalue weighted by atomic mass is 16.5. The number of benzene rings is 3. The van der Waals surface area contributed by atoms with Crippen molar-refractivity contribution in [1.82, 2.24) is 4.98 Å². The molecule has 0 saturated heterocycles. The van der Waals surface area contributed by atoms with Crippen molar-refractivity contribution in [3.8, 4) is 11.5 Å². The van der Waals surface area contributed by atoms with Gasteiger partial charge in [-0.1, -0.05) is 72.7 Å². The first-order valence-electron chi connectivity index (χ1n) is 15.5. The topological polar surface area (TPSA) is 118 Å². The van der Waals surface area contributed by atoms with Crippen LogP contribution in [0.15, 0.2) is 77.6 Å². The van der Waals surface area contributed by atoms with Crippen molar-refractivity contribution in [2.24, 2.45) is 0 Å². The molecule has 1 heterocycles. The van der Waals surface area contributed by atoms with Crippen LogP contribution >= 0.6 is 0 Å². The molecule has 8 nitrogen and oxygen atoms in total.